The molecule has 0 spiro atoms. The third-order valence-electron chi connectivity index (χ3n) is 6.82. The summed E-state index contributed by atoms with van der Waals surface area (Å²) in [4.78, 5) is 16.6. The largest absolute Gasteiger partial charge is 0.479 e. The Morgan fingerprint density at radius 2 is 1.67 bits per heavy atom. The minimum Gasteiger partial charge on any atom is -0.479 e. The van der Waals surface area contributed by atoms with Crippen LogP contribution in [-0.2, 0) is 14.8 Å². The average Bonchev–Trinajstić information content (AvgIpc) is 3.35. The van der Waals surface area contributed by atoms with Crippen molar-refractivity contribution in [3.63, 3.8) is 0 Å². The van der Waals surface area contributed by atoms with E-state index in [9.17, 15) is 13.5 Å². The SMILES string of the molecule is COc1ncnc(OC)c1-n1c(NS(=O)(=O)C(C)C(OC)c2ncc(Cl)cn2)nnc1C1CCC(CO)CC1. The van der Waals surface area contributed by atoms with E-state index >= 15 is 0 Å². The first-order chi connectivity index (χ1) is 18.7. The Kier molecular flexibility index (Phi) is 9.15. The fourth-order valence-corrected chi connectivity index (χ4v) is 5.88. The molecule has 0 saturated heterocycles. The molecule has 0 radical (unpaired) electrons. The molecule has 2 N–H and O–H groups in total. The first-order valence-corrected chi connectivity index (χ1v) is 14.2. The molecule has 0 aromatic carbocycles. The van der Waals surface area contributed by atoms with Crippen molar-refractivity contribution in [3.05, 3.63) is 35.4 Å². The molecule has 39 heavy (non-hydrogen) atoms. The van der Waals surface area contributed by atoms with Gasteiger partial charge in [-0.05, 0) is 38.5 Å². The minimum absolute atomic E-state index is 0.0696. The van der Waals surface area contributed by atoms with Crippen molar-refractivity contribution in [1.29, 1.82) is 0 Å². The zero-order valence-electron chi connectivity index (χ0n) is 22.0. The monoisotopic (exact) mass is 582 g/mol. The molecule has 0 amide bonds. The quantitative estimate of drug-likeness (QED) is 0.338. The summed E-state index contributed by atoms with van der Waals surface area (Å²) in [6, 6.07) is 0. The van der Waals surface area contributed by atoms with Gasteiger partial charge in [0.1, 0.15) is 23.5 Å². The van der Waals surface area contributed by atoms with Gasteiger partial charge < -0.3 is 19.3 Å². The summed E-state index contributed by atoms with van der Waals surface area (Å²) in [5.74, 6) is 0.977. The highest BCUT2D eigenvalue weighted by molar-refractivity contribution is 7.93. The molecule has 1 aliphatic rings. The number of nitrogens with one attached hydrogen (secondary N) is 1. The normalized spacial score (nSPS) is 19.3. The molecule has 3 heterocycles. The van der Waals surface area contributed by atoms with Gasteiger partial charge >= 0.3 is 0 Å². The highest BCUT2D eigenvalue weighted by Gasteiger charge is 2.36. The number of halogens is 1. The van der Waals surface area contributed by atoms with Crippen LogP contribution in [-0.4, -0.2) is 81.4 Å². The number of aliphatic hydroxyl groups is 1. The highest BCUT2D eigenvalue weighted by atomic mass is 35.5. The average molecular weight is 583 g/mol. The van der Waals surface area contributed by atoms with E-state index in [1.807, 2.05) is 0 Å². The standard InChI is InChI=1S/C23H31ClN8O6S/c1-13(18(36-2)19-25-9-16(24)10-26-19)39(34,35)31-23-30-29-20(15-7-5-14(11-33)6-8-15)32(23)17-21(37-3)27-12-28-22(17)38-4/h9-10,12-15,18,33H,5-8,11H2,1-4H3,(H,30,31). The Morgan fingerprint density at radius 3 is 2.21 bits per heavy atom. The van der Waals surface area contributed by atoms with Crippen molar-refractivity contribution in [2.75, 3.05) is 32.7 Å². The topological polar surface area (TPSA) is 176 Å². The third kappa shape index (κ3) is 6.05. The van der Waals surface area contributed by atoms with Crippen LogP contribution in [0.4, 0.5) is 5.95 Å². The molecule has 212 valence electrons. The van der Waals surface area contributed by atoms with E-state index < -0.39 is 21.4 Å². The molecule has 1 aliphatic carbocycles. The number of aromatic nitrogens is 7. The van der Waals surface area contributed by atoms with Crippen LogP contribution < -0.4 is 14.2 Å². The molecule has 0 aliphatic heterocycles. The molecule has 16 heteroatoms. The Bertz CT molecular complexity index is 1340. The maximum absolute atomic E-state index is 13.6. The molecule has 3 aromatic rings. The summed E-state index contributed by atoms with van der Waals surface area (Å²) < 4.78 is 47.7. The molecule has 4 rings (SSSR count). The predicted octanol–water partition coefficient (Wildman–Crippen LogP) is 2.30. The van der Waals surface area contributed by atoms with Gasteiger partial charge in [0.05, 0.1) is 19.2 Å². The molecule has 0 bridgehead atoms. The highest BCUT2D eigenvalue weighted by Crippen LogP contribution is 2.40. The van der Waals surface area contributed by atoms with Gasteiger partial charge in [-0.2, -0.15) is 9.97 Å². The second kappa shape index (κ2) is 12.4. The fourth-order valence-electron chi connectivity index (χ4n) is 4.65. The van der Waals surface area contributed by atoms with Crippen LogP contribution in [0, 0.1) is 5.92 Å². The number of anilines is 1. The van der Waals surface area contributed by atoms with Crippen molar-refractivity contribution in [2.45, 2.75) is 49.9 Å². The first kappa shape index (κ1) is 28.9. The van der Waals surface area contributed by atoms with Crippen LogP contribution in [0.2, 0.25) is 5.02 Å². The maximum Gasteiger partial charge on any atom is 0.245 e. The maximum atomic E-state index is 13.6. The van der Waals surface area contributed by atoms with Gasteiger partial charge in [-0.3, -0.25) is 9.29 Å². The second-order valence-corrected chi connectivity index (χ2v) is 11.6. The van der Waals surface area contributed by atoms with E-state index in [2.05, 4.69) is 34.9 Å². The van der Waals surface area contributed by atoms with E-state index in [1.165, 1.54) is 51.5 Å². The number of aliphatic hydroxyl groups excluding tert-OH is 1. The number of hydrogen-bond acceptors (Lipinski definition) is 12. The zero-order chi connectivity index (χ0) is 28.2. The lowest BCUT2D eigenvalue weighted by Gasteiger charge is -2.27. The first-order valence-electron chi connectivity index (χ1n) is 12.2. The molecule has 1 fully saturated rings. The van der Waals surface area contributed by atoms with Crippen molar-refractivity contribution in [2.24, 2.45) is 5.92 Å². The number of sulfonamides is 1. The van der Waals surface area contributed by atoms with Gasteiger partial charge in [0.2, 0.25) is 27.7 Å². The number of methoxy groups -OCH3 is 3. The van der Waals surface area contributed by atoms with Crippen molar-refractivity contribution < 1.29 is 27.7 Å². The van der Waals surface area contributed by atoms with E-state index in [0.717, 1.165) is 25.7 Å². The van der Waals surface area contributed by atoms with E-state index in [1.54, 1.807) is 0 Å². The smallest absolute Gasteiger partial charge is 0.245 e. The van der Waals surface area contributed by atoms with E-state index in [0.29, 0.717) is 10.8 Å². The van der Waals surface area contributed by atoms with Crippen molar-refractivity contribution in [1.82, 2.24) is 34.7 Å². The molecule has 3 aromatic heterocycles. The van der Waals surface area contributed by atoms with Gasteiger partial charge in [0.15, 0.2) is 11.5 Å². The number of hydrogen-bond donors (Lipinski definition) is 2. The Hall–Kier alpha value is -3.14. The Morgan fingerprint density at radius 1 is 1.05 bits per heavy atom. The lowest BCUT2D eigenvalue weighted by atomic mass is 9.82. The van der Waals surface area contributed by atoms with Gasteiger partial charge in [0.25, 0.3) is 0 Å². The third-order valence-corrected chi connectivity index (χ3v) is 8.71. The summed E-state index contributed by atoms with van der Waals surface area (Å²) in [6.07, 6.45) is 6.04. The van der Waals surface area contributed by atoms with Crippen LogP contribution in [0.25, 0.3) is 5.69 Å². The number of nitrogens with zero attached hydrogens (tertiary/aromatic N) is 7. The Balaban J connectivity index is 1.77. The van der Waals surface area contributed by atoms with Gasteiger partial charge in [-0.1, -0.05) is 11.6 Å². The molecular weight excluding hydrogens is 552 g/mol. The Labute approximate surface area is 231 Å². The van der Waals surface area contributed by atoms with E-state index in [4.69, 9.17) is 25.8 Å². The molecule has 2 atom stereocenters. The fraction of sp³-hybridized carbons (Fsp3) is 0.565. The van der Waals surface area contributed by atoms with Crippen molar-refractivity contribution >= 4 is 27.6 Å². The summed E-state index contributed by atoms with van der Waals surface area (Å²) >= 11 is 5.89. The van der Waals surface area contributed by atoms with Crippen LogP contribution in [0.15, 0.2) is 18.7 Å². The molecule has 1 saturated carbocycles. The summed E-state index contributed by atoms with van der Waals surface area (Å²) in [5.41, 5.74) is 0.251. The number of ether oxygens (including phenoxy) is 3. The molecular formula is C23H31ClN8O6S. The van der Waals surface area contributed by atoms with E-state index in [-0.39, 0.29) is 47.7 Å². The summed E-state index contributed by atoms with van der Waals surface area (Å²) in [5, 5.41) is 17.3. The molecule has 2 unspecified atom stereocenters. The van der Waals surface area contributed by atoms with Crippen LogP contribution in [0.1, 0.15) is 56.3 Å². The van der Waals surface area contributed by atoms with Crippen LogP contribution >= 0.6 is 11.6 Å². The predicted molar refractivity (Wildman–Crippen MR) is 141 cm³/mol. The van der Waals surface area contributed by atoms with Gasteiger partial charge in [-0.15, -0.1) is 10.2 Å². The summed E-state index contributed by atoms with van der Waals surface area (Å²) in [6.45, 7) is 1.59. The lowest BCUT2D eigenvalue weighted by Crippen LogP contribution is -2.33. The number of rotatable bonds is 11. The zero-order valence-corrected chi connectivity index (χ0v) is 23.6. The van der Waals surface area contributed by atoms with Gasteiger partial charge in [-0.25, -0.2) is 18.4 Å². The minimum atomic E-state index is -4.15. The molecule has 14 nitrogen and oxygen atoms in total. The second-order valence-electron chi connectivity index (χ2n) is 9.13. The van der Waals surface area contributed by atoms with Crippen LogP contribution in [0.3, 0.4) is 0 Å². The van der Waals surface area contributed by atoms with Crippen molar-refractivity contribution in [3.8, 4) is 17.4 Å². The van der Waals surface area contributed by atoms with Gasteiger partial charge in [0, 0.05) is 32.0 Å². The lowest BCUT2D eigenvalue weighted by molar-refractivity contribution is 0.0950. The van der Waals surface area contributed by atoms with Crippen LogP contribution in [0.5, 0.6) is 11.8 Å². The summed E-state index contributed by atoms with van der Waals surface area (Å²) in [7, 11) is 0.0876.